The molecule has 0 heterocycles. The molecule has 0 aromatic heterocycles. The van der Waals surface area contributed by atoms with Gasteiger partial charge in [0.05, 0.1) is 12.2 Å². The van der Waals surface area contributed by atoms with Crippen molar-refractivity contribution < 1.29 is 9.84 Å². The lowest BCUT2D eigenvalue weighted by molar-refractivity contribution is -0.0303. The summed E-state index contributed by atoms with van der Waals surface area (Å²) >= 11 is 0. The first-order valence-corrected chi connectivity index (χ1v) is 3.98. The Balaban J connectivity index is 3.45. The molecule has 0 aliphatic heterocycles. The van der Waals surface area contributed by atoms with E-state index in [1.165, 1.54) is 0 Å². The number of rotatable bonds is 6. The number of aliphatic hydroxyl groups excluding tert-OH is 1. The van der Waals surface area contributed by atoms with Crippen LogP contribution in [0.15, 0.2) is 12.7 Å². The summed E-state index contributed by atoms with van der Waals surface area (Å²) in [5.74, 6) is 0. The molecule has 0 aliphatic carbocycles. The van der Waals surface area contributed by atoms with E-state index in [-0.39, 0.29) is 12.2 Å². The second-order valence-corrected chi connectivity index (χ2v) is 3.16. The van der Waals surface area contributed by atoms with E-state index in [4.69, 9.17) is 9.84 Å². The van der Waals surface area contributed by atoms with E-state index in [2.05, 4.69) is 6.58 Å². The molecule has 2 heteroatoms. The molecule has 0 fully saturated rings. The van der Waals surface area contributed by atoms with Gasteiger partial charge in [0.2, 0.25) is 0 Å². The van der Waals surface area contributed by atoms with Gasteiger partial charge in [0.15, 0.2) is 0 Å². The predicted octanol–water partition coefficient (Wildman–Crippen LogP) is 1.74. The zero-order valence-corrected chi connectivity index (χ0v) is 7.47. The molecule has 0 aliphatic rings. The monoisotopic (exact) mass is 158 g/mol. The van der Waals surface area contributed by atoms with Crippen molar-refractivity contribution >= 4 is 0 Å². The van der Waals surface area contributed by atoms with E-state index in [1.807, 2.05) is 19.9 Å². The Kier molecular flexibility index (Phi) is 5.16. The summed E-state index contributed by atoms with van der Waals surface area (Å²) in [6.45, 7) is 8.43. The van der Waals surface area contributed by atoms with Crippen LogP contribution in [0, 0.1) is 0 Å². The molecule has 0 saturated heterocycles. The van der Waals surface area contributed by atoms with Crippen LogP contribution in [0.1, 0.15) is 26.7 Å². The van der Waals surface area contributed by atoms with E-state index in [9.17, 15) is 0 Å². The zero-order chi connectivity index (χ0) is 8.74. The third kappa shape index (κ3) is 6.07. The summed E-state index contributed by atoms with van der Waals surface area (Å²) in [4.78, 5) is 0. The van der Waals surface area contributed by atoms with Crippen LogP contribution in [0.4, 0.5) is 0 Å². The van der Waals surface area contributed by atoms with Crippen LogP contribution in [-0.4, -0.2) is 23.9 Å². The van der Waals surface area contributed by atoms with Gasteiger partial charge in [-0.25, -0.2) is 0 Å². The number of hydrogen-bond donors (Lipinski definition) is 1. The number of aliphatic hydroxyl groups is 1. The second kappa shape index (κ2) is 5.33. The molecular formula is C9H18O2. The van der Waals surface area contributed by atoms with Gasteiger partial charge in [-0.2, -0.15) is 0 Å². The lowest BCUT2D eigenvalue weighted by Gasteiger charge is -2.23. The first-order valence-electron chi connectivity index (χ1n) is 3.98. The Labute approximate surface area is 68.9 Å². The summed E-state index contributed by atoms with van der Waals surface area (Å²) in [5, 5.41) is 8.66. The van der Waals surface area contributed by atoms with E-state index in [0.29, 0.717) is 13.0 Å². The van der Waals surface area contributed by atoms with Crippen LogP contribution in [-0.2, 0) is 4.74 Å². The highest BCUT2D eigenvalue weighted by Gasteiger charge is 2.16. The van der Waals surface area contributed by atoms with Crippen LogP contribution in [0.3, 0.4) is 0 Å². The molecule has 2 nitrogen and oxygen atoms in total. The van der Waals surface area contributed by atoms with Crippen molar-refractivity contribution in [1.29, 1.82) is 0 Å². The van der Waals surface area contributed by atoms with Gasteiger partial charge in [-0.15, -0.1) is 6.58 Å². The maximum absolute atomic E-state index is 8.66. The van der Waals surface area contributed by atoms with Crippen molar-refractivity contribution in [2.24, 2.45) is 0 Å². The van der Waals surface area contributed by atoms with Crippen molar-refractivity contribution in [1.82, 2.24) is 0 Å². The maximum atomic E-state index is 8.66. The number of hydrogen-bond acceptors (Lipinski definition) is 2. The first kappa shape index (κ1) is 10.7. The summed E-state index contributed by atoms with van der Waals surface area (Å²) < 4.78 is 5.48. The van der Waals surface area contributed by atoms with E-state index >= 15 is 0 Å². The van der Waals surface area contributed by atoms with Gasteiger partial charge in [-0.05, 0) is 26.7 Å². The molecule has 0 saturated carbocycles. The molecule has 0 aromatic rings. The van der Waals surface area contributed by atoms with Crippen molar-refractivity contribution in [2.75, 3.05) is 13.2 Å². The second-order valence-electron chi connectivity index (χ2n) is 3.16. The average Bonchev–Trinajstić information content (AvgIpc) is 1.87. The Hall–Kier alpha value is -0.340. The molecule has 0 atom stereocenters. The van der Waals surface area contributed by atoms with E-state index in [1.54, 1.807) is 0 Å². The molecule has 66 valence electrons. The minimum absolute atomic E-state index is 0.182. The highest BCUT2D eigenvalue weighted by atomic mass is 16.5. The van der Waals surface area contributed by atoms with Crippen LogP contribution >= 0.6 is 0 Å². The minimum atomic E-state index is -0.197. The minimum Gasteiger partial charge on any atom is -0.396 e. The van der Waals surface area contributed by atoms with E-state index in [0.717, 1.165) is 6.42 Å². The molecule has 0 rings (SSSR count). The number of ether oxygens (including phenoxy) is 1. The van der Waals surface area contributed by atoms with Crippen LogP contribution in [0.25, 0.3) is 0 Å². The Morgan fingerprint density at radius 2 is 2.18 bits per heavy atom. The quantitative estimate of drug-likeness (QED) is 0.471. The Bertz CT molecular complexity index is 108. The summed E-state index contributed by atoms with van der Waals surface area (Å²) in [5.41, 5.74) is -0.197. The smallest absolute Gasteiger partial charge is 0.0648 e. The summed E-state index contributed by atoms with van der Waals surface area (Å²) in [7, 11) is 0. The van der Waals surface area contributed by atoms with Crippen molar-refractivity contribution in [2.45, 2.75) is 32.3 Å². The van der Waals surface area contributed by atoms with Crippen LogP contribution in [0.2, 0.25) is 0 Å². The lowest BCUT2D eigenvalue weighted by atomic mass is 10.1. The van der Waals surface area contributed by atoms with Gasteiger partial charge in [-0.3, -0.25) is 0 Å². The third-order valence-corrected chi connectivity index (χ3v) is 1.53. The van der Waals surface area contributed by atoms with Gasteiger partial charge < -0.3 is 9.84 Å². The van der Waals surface area contributed by atoms with Crippen LogP contribution < -0.4 is 0 Å². The van der Waals surface area contributed by atoms with Gasteiger partial charge in [0, 0.05) is 6.61 Å². The van der Waals surface area contributed by atoms with Crippen molar-refractivity contribution in [3.05, 3.63) is 12.7 Å². The molecule has 0 spiro atoms. The normalized spacial score (nSPS) is 11.5. The predicted molar refractivity (Wildman–Crippen MR) is 46.5 cm³/mol. The molecular weight excluding hydrogens is 140 g/mol. The Morgan fingerprint density at radius 1 is 1.55 bits per heavy atom. The molecule has 0 aromatic carbocycles. The molecule has 0 unspecified atom stereocenters. The van der Waals surface area contributed by atoms with Gasteiger partial charge in [-0.1, -0.05) is 6.08 Å². The highest BCUT2D eigenvalue weighted by molar-refractivity contribution is 4.70. The lowest BCUT2D eigenvalue weighted by Crippen LogP contribution is -2.26. The third-order valence-electron chi connectivity index (χ3n) is 1.53. The summed E-state index contributed by atoms with van der Waals surface area (Å²) in [6.07, 6.45) is 3.38. The zero-order valence-electron chi connectivity index (χ0n) is 7.47. The topological polar surface area (TPSA) is 29.5 Å². The fourth-order valence-electron chi connectivity index (χ4n) is 0.760. The summed E-state index contributed by atoms with van der Waals surface area (Å²) in [6, 6.07) is 0. The molecule has 0 bridgehead atoms. The SMILES string of the molecule is C=CCCOC(C)(C)CCO. The first-order chi connectivity index (χ1) is 5.12. The fraction of sp³-hybridized carbons (Fsp3) is 0.778. The maximum Gasteiger partial charge on any atom is 0.0648 e. The molecule has 0 radical (unpaired) electrons. The van der Waals surface area contributed by atoms with Crippen molar-refractivity contribution in [3.63, 3.8) is 0 Å². The van der Waals surface area contributed by atoms with Gasteiger partial charge in [0.25, 0.3) is 0 Å². The van der Waals surface area contributed by atoms with Gasteiger partial charge in [0.1, 0.15) is 0 Å². The molecule has 0 amide bonds. The molecule has 11 heavy (non-hydrogen) atoms. The average molecular weight is 158 g/mol. The van der Waals surface area contributed by atoms with E-state index < -0.39 is 0 Å². The highest BCUT2D eigenvalue weighted by Crippen LogP contribution is 2.13. The van der Waals surface area contributed by atoms with Gasteiger partial charge >= 0.3 is 0 Å². The molecule has 1 N–H and O–H groups in total. The standard InChI is InChI=1S/C9H18O2/c1-4-5-8-11-9(2,3)6-7-10/h4,10H,1,5-8H2,2-3H3. The Morgan fingerprint density at radius 3 is 2.64 bits per heavy atom. The largest absolute Gasteiger partial charge is 0.396 e. The van der Waals surface area contributed by atoms with Crippen LogP contribution in [0.5, 0.6) is 0 Å². The fourth-order valence-corrected chi connectivity index (χ4v) is 0.760. The van der Waals surface area contributed by atoms with Crippen molar-refractivity contribution in [3.8, 4) is 0 Å².